The van der Waals surface area contributed by atoms with Crippen LogP contribution in [0.3, 0.4) is 0 Å². The van der Waals surface area contributed by atoms with Gasteiger partial charge in [0.2, 0.25) is 0 Å². The van der Waals surface area contributed by atoms with E-state index in [4.69, 9.17) is 28.1 Å². The van der Waals surface area contributed by atoms with Crippen molar-refractivity contribution in [2.75, 3.05) is 47.6 Å². The molecule has 5 rings (SSSR count). The third-order valence-corrected chi connectivity index (χ3v) is 14.4. The Bertz CT molecular complexity index is 1260. The van der Waals surface area contributed by atoms with Crippen molar-refractivity contribution >= 4 is 24.7 Å². The quantitative estimate of drug-likeness (QED) is 0.0970. The lowest BCUT2D eigenvalue weighted by Crippen LogP contribution is -2.66. The minimum absolute atomic E-state index is 0.0592. The molecule has 0 radical (unpaired) electrons. The maximum absolute atomic E-state index is 14.0. The number of ether oxygens (including phenoxy) is 5. The highest BCUT2D eigenvalue weighted by molar-refractivity contribution is 6.99. The van der Waals surface area contributed by atoms with E-state index in [1.807, 2.05) is 0 Å². The number of esters is 1. The van der Waals surface area contributed by atoms with Crippen molar-refractivity contribution in [2.24, 2.45) is 11.3 Å². The van der Waals surface area contributed by atoms with Crippen LogP contribution in [0.4, 0.5) is 0 Å². The van der Waals surface area contributed by atoms with Crippen LogP contribution in [-0.2, 0) is 32.9 Å². The molecule has 2 aromatic carbocycles. The maximum Gasteiger partial charge on any atom is 0.317 e. The van der Waals surface area contributed by atoms with E-state index in [0.717, 1.165) is 29.6 Å². The molecule has 8 heteroatoms. The van der Waals surface area contributed by atoms with Crippen molar-refractivity contribution in [3.8, 4) is 0 Å². The zero-order valence-electron chi connectivity index (χ0n) is 26.2. The fraction of sp³-hybridized carbons (Fsp3) is 0.514. The van der Waals surface area contributed by atoms with E-state index in [9.17, 15) is 4.79 Å². The second-order valence-corrected chi connectivity index (χ2v) is 17.1. The number of rotatable bonds is 14. The molecule has 2 aliphatic carbocycles. The van der Waals surface area contributed by atoms with E-state index in [0.29, 0.717) is 32.7 Å². The summed E-state index contributed by atoms with van der Waals surface area (Å²) in [5, 5.41) is 2.29. The number of allylic oxidation sites excluding steroid dienone is 1. The minimum atomic E-state index is -2.77. The van der Waals surface area contributed by atoms with E-state index >= 15 is 0 Å². The molecular weight excluding hydrogens is 560 g/mol. The number of carbonyl (C=O) groups is 1. The van der Waals surface area contributed by atoms with Crippen molar-refractivity contribution in [1.82, 2.24) is 0 Å². The molecule has 232 valence electrons. The summed E-state index contributed by atoms with van der Waals surface area (Å²) in [6.45, 7) is 8.43. The van der Waals surface area contributed by atoms with Crippen LogP contribution in [0.5, 0.6) is 0 Å². The summed E-state index contributed by atoms with van der Waals surface area (Å²) in [5.41, 5.74) is 2.55. The Morgan fingerprint density at radius 2 is 1.51 bits per heavy atom. The van der Waals surface area contributed by atoms with Gasteiger partial charge in [-0.25, -0.2) is 0 Å². The van der Waals surface area contributed by atoms with Crippen LogP contribution in [0.1, 0.15) is 46.5 Å². The largest absolute Gasteiger partial charge is 0.456 e. The first-order chi connectivity index (χ1) is 20.8. The van der Waals surface area contributed by atoms with Crippen LogP contribution >= 0.6 is 0 Å². The lowest BCUT2D eigenvalue weighted by molar-refractivity contribution is -0.151. The summed E-state index contributed by atoms with van der Waals surface area (Å²) in [4.78, 5) is 14.0. The zero-order valence-corrected chi connectivity index (χ0v) is 27.2. The van der Waals surface area contributed by atoms with Crippen LogP contribution in [0.15, 0.2) is 83.5 Å². The Labute approximate surface area is 257 Å². The smallest absolute Gasteiger partial charge is 0.317 e. The topological polar surface area (TPSA) is 72.5 Å². The molecule has 1 fully saturated rings. The third kappa shape index (κ3) is 6.06. The van der Waals surface area contributed by atoms with Crippen LogP contribution in [0.2, 0.25) is 5.04 Å². The first-order valence-corrected chi connectivity index (χ1v) is 17.2. The van der Waals surface area contributed by atoms with Gasteiger partial charge in [0.05, 0.1) is 18.6 Å². The van der Waals surface area contributed by atoms with Crippen LogP contribution < -0.4 is 10.4 Å². The second-order valence-electron chi connectivity index (χ2n) is 12.8. The Kier molecular flexibility index (Phi) is 10.1. The molecule has 0 N–H and O–H groups in total. The van der Waals surface area contributed by atoms with Gasteiger partial charge in [-0.3, -0.25) is 4.79 Å². The van der Waals surface area contributed by atoms with Crippen LogP contribution in [0.25, 0.3) is 0 Å². The van der Waals surface area contributed by atoms with E-state index in [1.165, 1.54) is 10.4 Å². The molecular formula is C35H46O7Si. The SMILES string of the molecule is COCOCC1=C(COCOC)[C@H]2CCC=C3[C@H]2OC(=O)[C@]3(CCO[Si](c2ccccc2)(c2ccccc2)C(C)(C)C)C1. The van der Waals surface area contributed by atoms with Gasteiger partial charge in [0.25, 0.3) is 8.32 Å². The molecule has 0 amide bonds. The van der Waals surface area contributed by atoms with Gasteiger partial charge >= 0.3 is 5.97 Å². The van der Waals surface area contributed by atoms with Gasteiger partial charge in [0.1, 0.15) is 19.7 Å². The minimum Gasteiger partial charge on any atom is -0.456 e. The molecule has 3 aliphatic rings. The van der Waals surface area contributed by atoms with E-state index in [2.05, 4.69) is 87.5 Å². The molecule has 0 spiro atoms. The Hall–Kier alpha value is -2.59. The molecule has 2 aromatic rings. The monoisotopic (exact) mass is 606 g/mol. The number of hydrogen-bond acceptors (Lipinski definition) is 7. The van der Waals surface area contributed by atoms with Crippen LogP contribution in [0, 0.1) is 11.3 Å². The summed E-state index contributed by atoms with van der Waals surface area (Å²) in [7, 11) is 0.468. The van der Waals surface area contributed by atoms with E-state index in [-0.39, 0.29) is 36.6 Å². The molecule has 0 aromatic heterocycles. The molecule has 1 aliphatic heterocycles. The highest BCUT2D eigenvalue weighted by atomic mass is 28.4. The lowest BCUT2D eigenvalue weighted by Gasteiger charge is -2.43. The summed E-state index contributed by atoms with van der Waals surface area (Å²) in [6, 6.07) is 21.3. The maximum atomic E-state index is 14.0. The molecule has 4 bridgehead atoms. The van der Waals surface area contributed by atoms with E-state index < -0.39 is 13.7 Å². The molecule has 0 saturated carbocycles. The molecule has 1 heterocycles. The fourth-order valence-corrected chi connectivity index (χ4v) is 12.0. The first kappa shape index (κ1) is 31.8. The molecule has 7 nitrogen and oxygen atoms in total. The average molecular weight is 607 g/mol. The van der Waals surface area contributed by atoms with Crippen molar-refractivity contribution in [2.45, 2.75) is 57.6 Å². The van der Waals surface area contributed by atoms with Gasteiger partial charge in [-0.1, -0.05) is 87.5 Å². The predicted molar refractivity (Wildman–Crippen MR) is 169 cm³/mol. The number of hydrogen-bond donors (Lipinski definition) is 0. The number of carbonyl (C=O) groups excluding carboxylic acids is 1. The fourth-order valence-electron chi connectivity index (χ4n) is 7.44. The van der Waals surface area contributed by atoms with Gasteiger partial charge in [-0.2, -0.15) is 0 Å². The zero-order chi connectivity index (χ0) is 30.5. The predicted octanol–water partition coefficient (Wildman–Crippen LogP) is 5.14. The van der Waals surface area contributed by atoms with Gasteiger partial charge in [-0.15, -0.1) is 0 Å². The molecule has 43 heavy (non-hydrogen) atoms. The summed E-state index contributed by atoms with van der Waals surface area (Å²) < 4.78 is 35.7. The van der Waals surface area contributed by atoms with E-state index in [1.54, 1.807) is 14.2 Å². The van der Waals surface area contributed by atoms with Gasteiger partial charge in [0.15, 0.2) is 0 Å². The number of methoxy groups -OCH3 is 2. The average Bonchev–Trinajstić information content (AvgIpc) is 3.26. The normalized spacial score (nSPS) is 23.7. The Morgan fingerprint density at radius 1 is 0.907 bits per heavy atom. The second kappa shape index (κ2) is 13.6. The molecule has 0 unspecified atom stereocenters. The van der Waals surface area contributed by atoms with Crippen molar-refractivity contribution < 1.29 is 32.9 Å². The third-order valence-electron chi connectivity index (χ3n) is 9.31. The van der Waals surface area contributed by atoms with Gasteiger partial charge < -0.3 is 28.1 Å². The molecule has 3 atom stereocenters. The van der Waals surface area contributed by atoms with Gasteiger partial charge in [-0.05, 0) is 57.8 Å². The van der Waals surface area contributed by atoms with Crippen LogP contribution in [-0.4, -0.2) is 68.0 Å². The number of benzene rings is 2. The Balaban J connectivity index is 1.52. The highest BCUT2D eigenvalue weighted by Crippen LogP contribution is 2.56. The van der Waals surface area contributed by atoms with Crippen molar-refractivity contribution in [3.63, 3.8) is 0 Å². The standard InChI is InChI=1S/C35H46O7Si/c1-34(2,3)43(27-13-8-6-9-14-27,28-15-10-7-11-16-28)41-20-19-35-21-26(22-39-24-37-4)30(23-40-25-38-5)29-17-12-18-31(35)32(29)42-33(35)36/h6-11,13-16,18,29,32H,12,17,19-25H2,1-5H3/t29-,32+,35-/m1/s1. The summed E-state index contributed by atoms with van der Waals surface area (Å²) in [6.07, 6.45) is 4.81. The highest BCUT2D eigenvalue weighted by Gasteiger charge is 2.59. The van der Waals surface area contributed by atoms with Crippen molar-refractivity contribution in [3.05, 3.63) is 83.5 Å². The van der Waals surface area contributed by atoms with Gasteiger partial charge in [0, 0.05) is 26.7 Å². The lowest BCUT2D eigenvalue weighted by atomic mass is 9.71. The summed E-state index contributed by atoms with van der Waals surface area (Å²) >= 11 is 0. The van der Waals surface area contributed by atoms with Crippen molar-refractivity contribution in [1.29, 1.82) is 0 Å². The Morgan fingerprint density at radius 3 is 2.09 bits per heavy atom. The molecule has 1 saturated heterocycles. The first-order valence-electron chi connectivity index (χ1n) is 15.3. The summed E-state index contributed by atoms with van der Waals surface area (Å²) in [5.74, 6) is -0.0910.